The highest BCUT2D eigenvalue weighted by atomic mass is 35.5. The fraction of sp³-hybridized carbons (Fsp3) is 0.850. The molecule has 1 unspecified atom stereocenters. The highest BCUT2D eigenvalue weighted by Crippen LogP contribution is 2.56. The van der Waals surface area contributed by atoms with Crippen LogP contribution in [-0.4, -0.2) is 40.1 Å². The zero-order valence-corrected chi connectivity index (χ0v) is 16.6. The summed E-state index contributed by atoms with van der Waals surface area (Å²) in [5.74, 6) is 2.21. The van der Waals surface area contributed by atoms with Gasteiger partial charge >= 0.3 is 0 Å². The molecular formula is C20H35ClN4. The largest absolute Gasteiger partial charge is 0.337 e. The summed E-state index contributed by atoms with van der Waals surface area (Å²) in [6.45, 7) is 4.75. The van der Waals surface area contributed by atoms with Gasteiger partial charge in [-0.3, -0.25) is 4.90 Å². The Morgan fingerprint density at radius 2 is 2.00 bits per heavy atom. The minimum absolute atomic E-state index is 0. The van der Waals surface area contributed by atoms with Gasteiger partial charge in [-0.15, -0.1) is 12.4 Å². The van der Waals surface area contributed by atoms with E-state index in [2.05, 4.69) is 33.0 Å². The van der Waals surface area contributed by atoms with Crippen LogP contribution in [-0.2, 0) is 13.6 Å². The monoisotopic (exact) mass is 366 g/mol. The van der Waals surface area contributed by atoms with Crippen molar-refractivity contribution in [2.75, 3.05) is 19.6 Å². The fourth-order valence-electron chi connectivity index (χ4n) is 5.20. The second-order valence-corrected chi connectivity index (χ2v) is 8.55. The second-order valence-electron chi connectivity index (χ2n) is 8.55. The summed E-state index contributed by atoms with van der Waals surface area (Å²) in [4.78, 5) is 7.40. The van der Waals surface area contributed by atoms with Crippen LogP contribution in [0.4, 0.5) is 0 Å². The lowest BCUT2D eigenvalue weighted by molar-refractivity contribution is 0.171. The van der Waals surface area contributed by atoms with Crippen molar-refractivity contribution >= 4 is 12.4 Å². The van der Waals surface area contributed by atoms with Crippen molar-refractivity contribution in [1.82, 2.24) is 19.8 Å². The van der Waals surface area contributed by atoms with E-state index >= 15 is 0 Å². The molecule has 3 aliphatic rings. The maximum Gasteiger partial charge on any atom is 0.122 e. The normalized spacial score (nSPS) is 25.9. The van der Waals surface area contributed by atoms with Gasteiger partial charge in [0.2, 0.25) is 0 Å². The number of nitrogens with zero attached hydrogens (tertiary/aromatic N) is 3. The maximum atomic E-state index is 4.60. The zero-order valence-electron chi connectivity index (χ0n) is 15.8. The molecule has 1 N–H and O–H groups in total. The number of aryl methyl sites for hydroxylation is 1. The Kier molecular flexibility index (Phi) is 6.45. The van der Waals surface area contributed by atoms with E-state index < -0.39 is 0 Å². The summed E-state index contributed by atoms with van der Waals surface area (Å²) < 4.78 is 2.20. The molecule has 0 amide bonds. The van der Waals surface area contributed by atoms with E-state index in [1.807, 2.05) is 6.20 Å². The number of imidazole rings is 1. The highest BCUT2D eigenvalue weighted by Gasteiger charge is 2.56. The van der Waals surface area contributed by atoms with Crippen LogP contribution in [0.5, 0.6) is 0 Å². The average Bonchev–Trinajstić information content (AvgIpc) is 3.14. The lowest BCUT2D eigenvalue weighted by atomic mass is 9.87. The predicted octanol–water partition coefficient (Wildman–Crippen LogP) is 3.76. The van der Waals surface area contributed by atoms with Gasteiger partial charge in [0, 0.05) is 25.5 Å². The van der Waals surface area contributed by atoms with Crippen molar-refractivity contribution in [2.24, 2.45) is 18.4 Å². The predicted molar refractivity (Wildman–Crippen MR) is 105 cm³/mol. The standard InChI is InChI=1S/C20H34N4.ClH/c1-23-14-12-22-19(23)16-24(13-7-17-5-3-2-4-6-17)18-15-20(18)8-10-21-11-9-20;/h12,14,17-18,21H,2-11,13,15-16H2,1H3;1H. The quantitative estimate of drug-likeness (QED) is 0.832. The first kappa shape index (κ1) is 19.2. The van der Waals surface area contributed by atoms with E-state index in [0.29, 0.717) is 5.41 Å². The number of nitrogens with one attached hydrogen (secondary N) is 1. The Balaban J connectivity index is 0.00000182. The van der Waals surface area contributed by atoms with Gasteiger partial charge in [0.1, 0.15) is 5.82 Å². The summed E-state index contributed by atoms with van der Waals surface area (Å²) in [6.07, 6.45) is 16.9. The summed E-state index contributed by atoms with van der Waals surface area (Å²) in [5.41, 5.74) is 0.628. The molecule has 3 fully saturated rings. The number of piperidine rings is 1. The smallest absolute Gasteiger partial charge is 0.122 e. The van der Waals surface area contributed by atoms with Crippen molar-refractivity contribution < 1.29 is 0 Å². The molecule has 0 bridgehead atoms. The molecule has 0 radical (unpaired) electrons. The van der Waals surface area contributed by atoms with Crippen molar-refractivity contribution in [2.45, 2.75) is 70.4 Å². The third kappa shape index (κ3) is 4.40. The molecule has 1 aliphatic heterocycles. The van der Waals surface area contributed by atoms with Crippen LogP contribution >= 0.6 is 12.4 Å². The third-order valence-corrected chi connectivity index (χ3v) is 7.00. The summed E-state index contributed by atoms with van der Waals surface area (Å²) in [7, 11) is 2.13. The molecule has 1 atom stereocenters. The Hall–Kier alpha value is -0.580. The van der Waals surface area contributed by atoms with Crippen molar-refractivity contribution in [3.05, 3.63) is 18.2 Å². The van der Waals surface area contributed by atoms with Gasteiger partial charge in [0.15, 0.2) is 0 Å². The molecule has 0 aromatic carbocycles. The van der Waals surface area contributed by atoms with E-state index in [4.69, 9.17) is 0 Å². The van der Waals surface area contributed by atoms with E-state index in [0.717, 1.165) is 18.5 Å². The number of hydrogen-bond acceptors (Lipinski definition) is 3. The molecule has 1 spiro atoms. The molecule has 5 heteroatoms. The van der Waals surface area contributed by atoms with Crippen LogP contribution < -0.4 is 5.32 Å². The molecule has 1 aromatic heterocycles. The zero-order chi connectivity index (χ0) is 16.4. The van der Waals surface area contributed by atoms with Crippen LogP contribution in [0.3, 0.4) is 0 Å². The fourth-order valence-corrected chi connectivity index (χ4v) is 5.20. The van der Waals surface area contributed by atoms with Crippen molar-refractivity contribution in [1.29, 1.82) is 0 Å². The van der Waals surface area contributed by atoms with Crippen molar-refractivity contribution in [3.8, 4) is 0 Å². The Bertz CT molecular complexity index is 532. The van der Waals surface area contributed by atoms with E-state index in [9.17, 15) is 0 Å². The van der Waals surface area contributed by atoms with Crippen LogP contribution in [0, 0.1) is 11.3 Å². The SMILES string of the molecule is Cl.Cn1ccnc1CN(CCC1CCCCC1)C1CC12CCNCC2. The lowest BCUT2D eigenvalue weighted by Crippen LogP contribution is -2.37. The topological polar surface area (TPSA) is 33.1 Å². The molecule has 2 aliphatic carbocycles. The molecular weight excluding hydrogens is 332 g/mol. The van der Waals surface area contributed by atoms with Gasteiger partial charge in [0.25, 0.3) is 0 Å². The van der Waals surface area contributed by atoms with Gasteiger partial charge in [0.05, 0.1) is 6.54 Å². The first-order chi connectivity index (χ1) is 11.8. The Morgan fingerprint density at radius 3 is 2.68 bits per heavy atom. The lowest BCUT2D eigenvalue weighted by Gasteiger charge is -2.31. The molecule has 2 heterocycles. The summed E-state index contributed by atoms with van der Waals surface area (Å²) in [6, 6.07) is 0.805. The van der Waals surface area contributed by atoms with Crippen LogP contribution in [0.25, 0.3) is 0 Å². The van der Waals surface area contributed by atoms with Gasteiger partial charge < -0.3 is 9.88 Å². The minimum Gasteiger partial charge on any atom is -0.337 e. The van der Waals surface area contributed by atoms with Gasteiger partial charge in [-0.25, -0.2) is 4.98 Å². The van der Waals surface area contributed by atoms with Crippen LogP contribution in [0.2, 0.25) is 0 Å². The van der Waals surface area contributed by atoms with E-state index in [1.165, 1.54) is 83.2 Å². The van der Waals surface area contributed by atoms with Crippen LogP contribution in [0.15, 0.2) is 12.4 Å². The van der Waals surface area contributed by atoms with Crippen molar-refractivity contribution in [3.63, 3.8) is 0 Å². The Morgan fingerprint density at radius 1 is 1.24 bits per heavy atom. The molecule has 1 saturated heterocycles. The number of halogens is 1. The molecule has 2 saturated carbocycles. The van der Waals surface area contributed by atoms with E-state index in [1.54, 1.807) is 0 Å². The third-order valence-electron chi connectivity index (χ3n) is 7.00. The summed E-state index contributed by atoms with van der Waals surface area (Å²) >= 11 is 0. The number of hydrogen-bond donors (Lipinski definition) is 1. The highest BCUT2D eigenvalue weighted by molar-refractivity contribution is 5.85. The molecule has 4 nitrogen and oxygen atoms in total. The number of rotatable bonds is 6. The van der Waals surface area contributed by atoms with Gasteiger partial charge in [-0.2, -0.15) is 0 Å². The second kappa shape index (κ2) is 8.41. The summed E-state index contributed by atoms with van der Waals surface area (Å²) in [5, 5.41) is 3.54. The van der Waals surface area contributed by atoms with Crippen LogP contribution in [0.1, 0.15) is 63.6 Å². The molecule has 142 valence electrons. The first-order valence-corrected chi connectivity index (χ1v) is 10.2. The van der Waals surface area contributed by atoms with Gasteiger partial charge in [-0.1, -0.05) is 32.1 Å². The maximum absolute atomic E-state index is 4.60. The first-order valence-electron chi connectivity index (χ1n) is 10.2. The van der Waals surface area contributed by atoms with Gasteiger partial charge in [-0.05, 0) is 56.7 Å². The average molecular weight is 367 g/mol. The minimum atomic E-state index is 0. The van der Waals surface area contributed by atoms with E-state index in [-0.39, 0.29) is 12.4 Å². The molecule has 1 aromatic rings. The Labute approximate surface area is 159 Å². The number of aromatic nitrogens is 2. The molecule has 25 heavy (non-hydrogen) atoms. The molecule has 4 rings (SSSR count).